The fourth-order valence-electron chi connectivity index (χ4n) is 4.98. The van der Waals surface area contributed by atoms with Crippen LogP contribution < -0.4 is 15.0 Å². The number of ether oxygens (including phenoxy) is 1. The van der Waals surface area contributed by atoms with Crippen molar-refractivity contribution in [2.45, 2.75) is 31.3 Å². The lowest BCUT2D eigenvalue weighted by Gasteiger charge is -2.29. The molecule has 182 valence electrons. The Morgan fingerprint density at radius 3 is 2.58 bits per heavy atom. The van der Waals surface area contributed by atoms with Crippen molar-refractivity contribution in [1.29, 1.82) is 0 Å². The zero-order chi connectivity index (χ0) is 24.8. The van der Waals surface area contributed by atoms with E-state index in [4.69, 9.17) is 4.74 Å². The highest BCUT2D eigenvalue weighted by Gasteiger charge is 2.44. The molecule has 2 atom stereocenters. The van der Waals surface area contributed by atoms with Crippen molar-refractivity contribution < 1.29 is 18.7 Å². The number of anilines is 1. The van der Waals surface area contributed by atoms with E-state index in [1.54, 1.807) is 35.0 Å². The number of nitrogens with zero attached hydrogens (tertiary/aromatic N) is 3. The Labute approximate surface area is 207 Å². The average molecular weight is 485 g/mol. The van der Waals surface area contributed by atoms with E-state index in [0.717, 1.165) is 40.7 Å². The Balaban J connectivity index is 1.39. The first-order chi connectivity index (χ1) is 17.5. The van der Waals surface area contributed by atoms with Crippen LogP contribution in [0.15, 0.2) is 72.9 Å². The minimum absolute atomic E-state index is 0.0126. The summed E-state index contributed by atoms with van der Waals surface area (Å²) in [6.45, 7) is 0. The van der Waals surface area contributed by atoms with Crippen molar-refractivity contribution in [3.8, 4) is 11.4 Å². The van der Waals surface area contributed by atoms with Crippen molar-refractivity contribution in [2.24, 2.45) is 5.92 Å². The Morgan fingerprint density at radius 2 is 1.83 bits per heavy atom. The molecule has 1 saturated heterocycles. The SMILES string of the molecule is COc1cccc([C@@H]2[C@@H](NC(=O)C3CC3)CC(=O)N2c2ccc3c(cnn3-c3ccc(F)cc3)c2)c1. The maximum atomic E-state index is 13.4. The van der Waals surface area contributed by atoms with Crippen LogP contribution in [0.1, 0.15) is 30.9 Å². The number of carbonyl (C=O) groups excluding carboxylic acids is 2. The van der Waals surface area contributed by atoms with E-state index in [0.29, 0.717) is 5.75 Å². The first-order valence-electron chi connectivity index (χ1n) is 12.0. The highest BCUT2D eigenvalue weighted by atomic mass is 19.1. The van der Waals surface area contributed by atoms with Crippen LogP contribution in [-0.4, -0.2) is 34.7 Å². The summed E-state index contributed by atoms with van der Waals surface area (Å²) in [5.74, 6) is 0.383. The van der Waals surface area contributed by atoms with E-state index >= 15 is 0 Å². The van der Waals surface area contributed by atoms with Crippen LogP contribution in [0.2, 0.25) is 0 Å². The van der Waals surface area contributed by atoms with E-state index in [-0.39, 0.29) is 42.1 Å². The van der Waals surface area contributed by atoms with Gasteiger partial charge in [0.1, 0.15) is 11.6 Å². The van der Waals surface area contributed by atoms with Crippen LogP contribution in [0.3, 0.4) is 0 Å². The van der Waals surface area contributed by atoms with E-state index < -0.39 is 0 Å². The summed E-state index contributed by atoms with van der Waals surface area (Å²) in [5.41, 5.74) is 3.20. The maximum Gasteiger partial charge on any atom is 0.229 e. The van der Waals surface area contributed by atoms with Gasteiger partial charge in [-0.25, -0.2) is 9.07 Å². The molecule has 0 radical (unpaired) electrons. The molecule has 1 saturated carbocycles. The molecule has 6 rings (SSSR count). The summed E-state index contributed by atoms with van der Waals surface area (Å²) in [7, 11) is 1.61. The van der Waals surface area contributed by atoms with Gasteiger partial charge in [-0.05, 0) is 73.0 Å². The van der Waals surface area contributed by atoms with Gasteiger partial charge in [-0.15, -0.1) is 0 Å². The zero-order valence-electron chi connectivity index (χ0n) is 19.7. The quantitative estimate of drug-likeness (QED) is 0.436. The second-order valence-corrected chi connectivity index (χ2v) is 9.35. The van der Waals surface area contributed by atoms with Crippen LogP contribution in [-0.2, 0) is 9.59 Å². The van der Waals surface area contributed by atoms with Crippen molar-refractivity contribution >= 4 is 28.4 Å². The average Bonchev–Trinajstić information content (AvgIpc) is 3.59. The van der Waals surface area contributed by atoms with Gasteiger partial charge in [0, 0.05) is 23.4 Å². The number of amides is 2. The van der Waals surface area contributed by atoms with Crippen LogP contribution in [0.5, 0.6) is 5.75 Å². The molecular weight excluding hydrogens is 459 g/mol. The topological polar surface area (TPSA) is 76.5 Å². The lowest BCUT2D eigenvalue weighted by Crippen LogP contribution is -2.40. The predicted molar refractivity (Wildman–Crippen MR) is 134 cm³/mol. The molecule has 0 bridgehead atoms. The van der Waals surface area contributed by atoms with Gasteiger partial charge in [-0.3, -0.25) is 9.59 Å². The van der Waals surface area contributed by atoms with E-state index in [1.807, 2.05) is 42.5 Å². The number of aromatic nitrogens is 2. The third-order valence-electron chi connectivity index (χ3n) is 6.93. The molecule has 0 spiro atoms. The van der Waals surface area contributed by atoms with Crippen LogP contribution in [0.25, 0.3) is 16.6 Å². The molecule has 7 nitrogen and oxygen atoms in total. The molecule has 0 unspecified atom stereocenters. The molecule has 1 aliphatic carbocycles. The molecule has 2 amide bonds. The first kappa shape index (κ1) is 22.3. The normalized spacial score (nSPS) is 19.6. The summed E-state index contributed by atoms with van der Waals surface area (Å²) in [4.78, 5) is 27.8. The highest BCUT2D eigenvalue weighted by Crippen LogP contribution is 2.40. The number of rotatable bonds is 6. The van der Waals surface area contributed by atoms with Gasteiger partial charge in [0.2, 0.25) is 11.8 Å². The third kappa shape index (κ3) is 3.98. The molecular formula is C28H25FN4O3. The highest BCUT2D eigenvalue weighted by molar-refractivity contribution is 6.00. The fraction of sp³-hybridized carbons (Fsp3) is 0.250. The Hall–Kier alpha value is -4.20. The van der Waals surface area contributed by atoms with E-state index in [2.05, 4.69) is 10.4 Å². The molecule has 2 fully saturated rings. The molecule has 2 heterocycles. The minimum atomic E-state index is -0.375. The number of halogens is 1. The monoisotopic (exact) mass is 484 g/mol. The maximum absolute atomic E-state index is 13.4. The van der Waals surface area contributed by atoms with Crippen molar-refractivity contribution in [1.82, 2.24) is 15.1 Å². The Bertz CT molecular complexity index is 1460. The number of nitrogens with one attached hydrogen (secondary N) is 1. The predicted octanol–water partition coefficient (Wildman–Crippen LogP) is 4.55. The van der Waals surface area contributed by atoms with Gasteiger partial charge in [-0.2, -0.15) is 5.10 Å². The van der Waals surface area contributed by atoms with E-state index in [1.165, 1.54) is 12.1 Å². The number of hydrogen-bond donors (Lipinski definition) is 1. The number of methoxy groups -OCH3 is 1. The zero-order valence-corrected chi connectivity index (χ0v) is 19.7. The van der Waals surface area contributed by atoms with Crippen molar-refractivity contribution in [3.63, 3.8) is 0 Å². The largest absolute Gasteiger partial charge is 0.497 e. The van der Waals surface area contributed by atoms with Gasteiger partial charge in [-0.1, -0.05) is 12.1 Å². The smallest absolute Gasteiger partial charge is 0.229 e. The second-order valence-electron chi connectivity index (χ2n) is 9.35. The summed E-state index contributed by atoms with van der Waals surface area (Å²) in [5, 5.41) is 8.46. The molecule has 1 aromatic heterocycles. The summed E-state index contributed by atoms with van der Waals surface area (Å²) >= 11 is 0. The number of fused-ring (bicyclic) bond motifs is 1. The third-order valence-corrected chi connectivity index (χ3v) is 6.93. The summed E-state index contributed by atoms with van der Waals surface area (Å²) in [6, 6.07) is 18.8. The molecule has 1 N–H and O–H groups in total. The molecule has 2 aliphatic rings. The summed E-state index contributed by atoms with van der Waals surface area (Å²) < 4.78 is 20.6. The number of benzene rings is 3. The summed E-state index contributed by atoms with van der Waals surface area (Å²) in [6.07, 6.45) is 3.74. The molecule has 4 aromatic rings. The molecule has 8 heteroatoms. The minimum Gasteiger partial charge on any atom is -0.497 e. The fourth-order valence-corrected chi connectivity index (χ4v) is 4.98. The number of carbonyl (C=O) groups is 2. The van der Waals surface area contributed by atoms with Crippen LogP contribution in [0.4, 0.5) is 10.1 Å². The second kappa shape index (κ2) is 8.78. The Morgan fingerprint density at radius 1 is 1.06 bits per heavy atom. The van der Waals surface area contributed by atoms with E-state index in [9.17, 15) is 14.0 Å². The lowest BCUT2D eigenvalue weighted by atomic mass is 9.99. The lowest BCUT2D eigenvalue weighted by molar-refractivity contribution is -0.123. The van der Waals surface area contributed by atoms with Gasteiger partial charge in [0.25, 0.3) is 0 Å². The molecule has 3 aromatic carbocycles. The standard InChI is InChI=1S/C28H25FN4O3/c1-36-23-4-2-3-18(14-23)27-24(31-28(35)17-5-6-17)15-26(34)32(27)22-11-12-25-19(13-22)16-30-33(25)21-9-7-20(29)8-10-21/h2-4,7-14,16-17,24,27H,5-6,15H2,1H3,(H,31,35)/t24-,27+/m0/s1. The van der Waals surface area contributed by atoms with Gasteiger partial charge in [0.05, 0.1) is 36.6 Å². The van der Waals surface area contributed by atoms with Crippen LogP contribution >= 0.6 is 0 Å². The van der Waals surface area contributed by atoms with Crippen molar-refractivity contribution in [3.05, 3.63) is 84.3 Å². The molecule has 1 aliphatic heterocycles. The van der Waals surface area contributed by atoms with Crippen molar-refractivity contribution in [2.75, 3.05) is 12.0 Å². The first-order valence-corrected chi connectivity index (χ1v) is 12.0. The number of hydrogen-bond acceptors (Lipinski definition) is 4. The Kier molecular flexibility index (Phi) is 5.44. The van der Waals surface area contributed by atoms with Crippen LogP contribution in [0, 0.1) is 11.7 Å². The van der Waals surface area contributed by atoms with Gasteiger partial charge >= 0.3 is 0 Å². The molecule has 36 heavy (non-hydrogen) atoms. The van der Waals surface area contributed by atoms with Gasteiger partial charge in [0.15, 0.2) is 0 Å². The van der Waals surface area contributed by atoms with Gasteiger partial charge < -0.3 is 15.0 Å².